The summed E-state index contributed by atoms with van der Waals surface area (Å²) in [7, 11) is 2.21. The maximum absolute atomic E-state index is 3.63. The van der Waals surface area contributed by atoms with Crippen molar-refractivity contribution in [3.05, 3.63) is 0 Å². The van der Waals surface area contributed by atoms with Crippen molar-refractivity contribution in [3.63, 3.8) is 0 Å². The second-order valence-corrected chi connectivity index (χ2v) is 4.10. The number of hydrogen-bond acceptors (Lipinski definition) is 2. The first kappa shape index (κ1) is 7.56. The standard InChI is InChI=1S/C9H18N2/c1-11-5-4-9(7-11)10-6-8-2-3-8/h8-10H,2-7H2,1H3. The highest BCUT2D eigenvalue weighted by Crippen LogP contribution is 2.27. The van der Waals surface area contributed by atoms with Gasteiger partial charge in [-0.2, -0.15) is 0 Å². The Morgan fingerprint density at radius 3 is 2.73 bits per heavy atom. The molecule has 0 amide bonds. The fourth-order valence-electron chi connectivity index (χ4n) is 1.76. The molecule has 0 spiro atoms. The van der Waals surface area contributed by atoms with Gasteiger partial charge in [0.1, 0.15) is 0 Å². The Kier molecular flexibility index (Phi) is 2.14. The molecule has 2 heteroatoms. The predicted molar refractivity (Wildman–Crippen MR) is 46.6 cm³/mol. The third kappa shape index (κ3) is 2.17. The zero-order chi connectivity index (χ0) is 7.68. The quantitative estimate of drug-likeness (QED) is 0.643. The summed E-state index contributed by atoms with van der Waals surface area (Å²) < 4.78 is 0. The lowest BCUT2D eigenvalue weighted by molar-refractivity contribution is 0.396. The molecule has 1 N–H and O–H groups in total. The van der Waals surface area contributed by atoms with Gasteiger partial charge < -0.3 is 10.2 Å². The van der Waals surface area contributed by atoms with Crippen LogP contribution in [0.3, 0.4) is 0 Å². The van der Waals surface area contributed by atoms with Crippen molar-refractivity contribution in [3.8, 4) is 0 Å². The number of likely N-dealkylation sites (tertiary alicyclic amines) is 1. The van der Waals surface area contributed by atoms with Crippen LogP contribution in [0.4, 0.5) is 0 Å². The molecule has 2 nitrogen and oxygen atoms in total. The van der Waals surface area contributed by atoms with Gasteiger partial charge in [-0.25, -0.2) is 0 Å². The predicted octanol–water partition coefficient (Wildman–Crippen LogP) is 0.690. The monoisotopic (exact) mass is 154 g/mol. The lowest BCUT2D eigenvalue weighted by Crippen LogP contribution is -2.32. The molecule has 1 saturated carbocycles. The first-order chi connectivity index (χ1) is 5.34. The number of hydrogen-bond donors (Lipinski definition) is 1. The summed E-state index contributed by atoms with van der Waals surface area (Å²) in [6.45, 7) is 3.81. The number of nitrogens with zero attached hydrogens (tertiary/aromatic N) is 1. The highest BCUT2D eigenvalue weighted by Gasteiger charge is 2.24. The summed E-state index contributed by atoms with van der Waals surface area (Å²) in [4.78, 5) is 2.41. The molecule has 2 fully saturated rings. The van der Waals surface area contributed by atoms with Gasteiger partial charge in [-0.05, 0) is 45.3 Å². The largest absolute Gasteiger partial charge is 0.312 e. The SMILES string of the molecule is CN1CCC(NCC2CC2)C1. The molecule has 1 heterocycles. The van der Waals surface area contributed by atoms with E-state index in [2.05, 4.69) is 17.3 Å². The Labute approximate surface area is 69.0 Å². The second kappa shape index (κ2) is 3.11. The normalized spacial score (nSPS) is 33.0. The van der Waals surface area contributed by atoms with Crippen molar-refractivity contribution in [1.29, 1.82) is 0 Å². The Morgan fingerprint density at radius 2 is 2.18 bits per heavy atom. The van der Waals surface area contributed by atoms with E-state index >= 15 is 0 Å². The Morgan fingerprint density at radius 1 is 1.36 bits per heavy atom. The summed E-state index contributed by atoms with van der Waals surface area (Å²) in [5.41, 5.74) is 0. The van der Waals surface area contributed by atoms with E-state index in [0.717, 1.165) is 12.0 Å². The van der Waals surface area contributed by atoms with Gasteiger partial charge in [0.05, 0.1) is 0 Å². The van der Waals surface area contributed by atoms with Crippen LogP contribution in [0.25, 0.3) is 0 Å². The minimum atomic E-state index is 0.792. The van der Waals surface area contributed by atoms with Gasteiger partial charge in [-0.3, -0.25) is 0 Å². The van der Waals surface area contributed by atoms with Gasteiger partial charge in [0.2, 0.25) is 0 Å². The van der Waals surface area contributed by atoms with E-state index in [4.69, 9.17) is 0 Å². The highest BCUT2D eigenvalue weighted by atomic mass is 15.2. The molecular formula is C9H18N2. The number of likely N-dealkylation sites (N-methyl/N-ethyl adjacent to an activating group) is 1. The van der Waals surface area contributed by atoms with Crippen LogP contribution in [-0.2, 0) is 0 Å². The fourth-order valence-corrected chi connectivity index (χ4v) is 1.76. The van der Waals surface area contributed by atoms with Gasteiger partial charge in [0.15, 0.2) is 0 Å². The molecule has 1 aliphatic heterocycles. The molecule has 11 heavy (non-hydrogen) atoms. The van der Waals surface area contributed by atoms with E-state index in [9.17, 15) is 0 Å². The molecule has 0 aromatic heterocycles. The van der Waals surface area contributed by atoms with E-state index in [1.165, 1.54) is 38.9 Å². The van der Waals surface area contributed by atoms with Crippen molar-refractivity contribution < 1.29 is 0 Å². The molecule has 2 aliphatic rings. The molecule has 0 radical (unpaired) electrons. The Balaban J connectivity index is 1.62. The van der Waals surface area contributed by atoms with Crippen molar-refractivity contribution in [2.45, 2.75) is 25.3 Å². The maximum atomic E-state index is 3.63. The minimum absolute atomic E-state index is 0.792. The van der Waals surface area contributed by atoms with Crippen molar-refractivity contribution in [1.82, 2.24) is 10.2 Å². The third-order valence-corrected chi connectivity index (χ3v) is 2.78. The molecule has 1 atom stereocenters. The number of rotatable bonds is 3. The smallest absolute Gasteiger partial charge is 0.0207 e. The van der Waals surface area contributed by atoms with E-state index in [1.54, 1.807) is 0 Å². The molecular weight excluding hydrogens is 136 g/mol. The molecule has 1 aliphatic carbocycles. The molecule has 1 saturated heterocycles. The average molecular weight is 154 g/mol. The number of nitrogens with one attached hydrogen (secondary N) is 1. The van der Waals surface area contributed by atoms with Crippen molar-refractivity contribution >= 4 is 0 Å². The molecule has 64 valence electrons. The van der Waals surface area contributed by atoms with Gasteiger partial charge >= 0.3 is 0 Å². The summed E-state index contributed by atoms with van der Waals surface area (Å²) >= 11 is 0. The second-order valence-electron chi connectivity index (χ2n) is 4.10. The first-order valence-corrected chi connectivity index (χ1v) is 4.76. The van der Waals surface area contributed by atoms with Crippen molar-refractivity contribution in [2.24, 2.45) is 5.92 Å². The van der Waals surface area contributed by atoms with E-state index in [1.807, 2.05) is 0 Å². The van der Waals surface area contributed by atoms with Gasteiger partial charge in [-0.1, -0.05) is 0 Å². The van der Waals surface area contributed by atoms with Crippen LogP contribution in [0.2, 0.25) is 0 Å². The van der Waals surface area contributed by atoms with Gasteiger partial charge in [0, 0.05) is 12.6 Å². The van der Waals surface area contributed by atoms with Crippen LogP contribution in [-0.4, -0.2) is 37.6 Å². The van der Waals surface area contributed by atoms with Crippen molar-refractivity contribution in [2.75, 3.05) is 26.7 Å². The lowest BCUT2D eigenvalue weighted by atomic mass is 10.2. The third-order valence-electron chi connectivity index (χ3n) is 2.78. The first-order valence-electron chi connectivity index (χ1n) is 4.76. The van der Waals surface area contributed by atoms with Crippen LogP contribution >= 0.6 is 0 Å². The summed E-state index contributed by atoms with van der Waals surface area (Å²) in [5, 5.41) is 3.63. The van der Waals surface area contributed by atoms with Gasteiger partial charge in [0.25, 0.3) is 0 Å². The molecule has 0 aromatic carbocycles. The van der Waals surface area contributed by atoms with E-state index in [-0.39, 0.29) is 0 Å². The zero-order valence-corrected chi connectivity index (χ0v) is 7.34. The van der Waals surface area contributed by atoms with E-state index in [0.29, 0.717) is 0 Å². The Bertz CT molecular complexity index is 132. The van der Waals surface area contributed by atoms with Crippen LogP contribution in [0, 0.1) is 5.92 Å². The summed E-state index contributed by atoms with van der Waals surface area (Å²) in [6.07, 6.45) is 4.29. The van der Waals surface area contributed by atoms with Crippen LogP contribution in [0.1, 0.15) is 19.3 Å². The Hall–Kier alpha value is -0.0800. The average Bonchev–Trinajstić information content (AvgIpc) is 2.72. The fraction of sp³-hybridized carbons (Fsp3) is 1.00. The van der Waals surface area contributed by atoms with Crippen LogP contribution < -0.4 is 5.32 Å². The van der Waals surface area contributed by atoms with E-state index < -0.39 is 0 Å². The minimum Gasteiger partial charge on any atom is -0.312 e. The van der Waals surface area contributed by atoms with Gasteiger partial charge in [-0.15, -0.1) is 0 Å². The zero-order valence-electron chi connectivity index (χ0n) is 7.34. The topological polar surface area (TPSA) is 15.3 Å². The molecule has 1 unspecified atom stereocenters. The summed E-state index contributed by atoms with van der Waals surface area (Å²) in [5.74, 6) is 1.03. The molecule has 0 bridgehead atoms. The highest BCUT2D eigenvalue weighted by molar-refractivity contribution is 4.82. The maximum Gasteiger partial charge on any atom is 0.0207 e. The molecule has 2 rings (SSSR count). The van der Waals surface area contributed by atoms with Crippen LogP contribution in [0.5, 0.6) is 0 Å². The lowest BCUT2D eigenvalue weighted by Gasteiger charge is -2.11. The summed E-state index contributed by atoms with van der Waals surface area (Å²) in [6, 6.07) is 0.792. The molecule has 0 aromatic rings. The van der Waals surface area contributed by atoms with Crippen LogP contribution in [0.15, 0.2) is 0 Å².